The molecular weight excluding hydrogens is 438 g/mol. The number of hydrogen-bond acceptors (Lipinski definition) is 6. The van der Waals surface area contributed by atoms with Crippen molar-refractivity contribution in [2.24, 2.45) is 0 Å². The van der Waals surface area contributed by atoms with Crippen LogP contribution >= 0.6 is 11.6 Å². The van der Waals surface area contributed by atoms with Crippen LogP contribution in [-0.2, 0) is 20.8 Å². The molecule has 0 bridgehead atoms. The SMILES string of the molecule is O=C(O)CCCOc1ccc(NC(NC(=O)Cc2cccc(Cl)c2)C(=O)NCCO)cc1. The Morgan fingerprint density at radius 2 is 1.84 bits per heavy atom. The lowest BCUT2D eigenvalue weighted by atomic mass is 10.1. The Balaban J connectivity index is 1.97. The number of aliphatic hydroxyl groups excluding tert-OH is 1. The molecule has 0 radical (unpaired) electrons. The fraction of sp³-hybridized carbons (Fsp3) is 0.318. The third-order valence-electron chi connectivity index (χ3n) is 4.20. The van der Waals surface area contributed by atoms with Crippen molar-refractivity contribution in [1.82, 2.24) is 10.6 Å². The summed E-state index contributed by atoms with van der Waals surface area (Å²) in [5, 5.41) is 26.2. The van der Waals surface area contributed by atoms with E-state index in [2.05, 4.69) is 16.0 Å². The summed E-state index contributed by atoms with van der Waals surface area (Å²) in [5.74, 6) is -1.22. The number of nitrogens with one attached hydrogen (secondary N) is 3. The molecule has 0 saturated carbocycles. The predicted molar refractivity (Wildman–Crippen MR) is 120 cm³/mol. The molecule has 0 aliphatic rings. The van der Waals surface area contributed by atoms with Crippen molar-refractivity contribution >= 4 is 35.1 Å². The summed E-state index contributed by atoms with van der Waals surface area (Å²) in [6, 6.07) is 13.5. The number of benzene rings is 2. The van der Waals surface area contributed by atoms with Gasteiger partial charge in [0.05, 0.1) is 19.6 Å². The highest BCUT2D eigenvalue weighted by Gasteiger charge is 2.20. The second-order valence-electron chi connectivity index (χ2n) is 6.84. The van der Waals surface area contributed by atoms with Gasteiger partial charge in [-0.05, 0) is 48.4 Å². The summed E-state index contributed by atoms with van der Waals surface area (Å²) in [4.78, 5) is 35.4. The number of amides is 2. The van der Waals surface area contributed by atoms with E-state index in [1.54, 1.807) is 48.5 Å². The minimum atomic E-state index is -1.07. The first kappa shape index (κ1) is 25.0. The van der Waals surface area contributed by atoms with Gasteiger partial charge in [0.2, 0.25) is 5.91 Å². The van der Waals surface area contributed by atoms with Crippen LogP contribution in [0.2, 0.25) is 5.02 Å². The van der Waals surface area contributed by atoms with Gasteiger partial charge < -0.3 is 30.9 Å². The third kappa shape index (κ3) is 9.23. The molecule has 0 fully saturated rings. The van der Waals surface area contributed by atoms with E-state index < -0.39 is 18.0 Å². The van der Waals surface area contributed by atoms with Crippen LogP contribution in [0.4, 0.5) is 5.69 Å². The molecule has 1 unspecified atom stereocenters. The van der Waals surface area contributed by atoms with Gasteiger partial charge in [-0.25, -0.2) is 0 Å². The topological polar surface area (TPSA) is 137 Å². The molecule has 1 atom stereocenters. The number of carboxylic acid groups (broad SMARTS) is 1. The summed E-state index contributed by atoms with van der Waals surface area (Å²) in [5.41, 5.74) is 1.25. The number of anilines is 1. The lowest BCUT2D eigenvalue weighted by Gasteiger charge is -2.21. The largest absolute Gasteiger partial charge is 0.494 e. The average molecular weight is 464 g/mol. The summed E-state index contributed by atoms with van der Waals surface area (Å²) in [6.07, 6.45) is -0.620. The first-order valence-electron chi connectivity index (χ1n) is 10.0. The highest BCUT2D eigenvalue weighted by Crippen LogP contribution is 2.17. The van der Waals surface area contributed by atoms with Crippen LogP contribution in [-0.4, -0.2) is 53.9 Å². The maximum Gasteiger partial charge on any atom is 0.303 e. The van der Waals surface area contributed by atoms with Crippen LogP contribution in [0.1, 0.15) is 18.4 Å². The van der Waals surface area contributed by atoms with Crippen molar-refractivity contribution in [1.29, 1.82) is 0 Å². The second kappa shape index (κ2) is 13.2. The molecule has 0 heterocycles. The maximum absolute atomic E-state index is 12.5. The normalized spacial score (nSPS) is 11.3. The lowest BCUT2D eigenvalue weighted by molar-refractivity contribution is -0.137. The zero-order chi connectivity index (χ0) is 23.3. The minimum Gasteiger partial charge on any atom is -0.494 e. The van der Waals surface area contributed by atoms with E-state index in [4.69, 9.17) is 26.6 Å². The first-order valence-corrected chi connectivity index (χ1v) is 10.4. The van der Waals surface area contributed by atoms with E-state index in [-0.39, 0.29) is 38.5 Å². The first-order chi connectivity index (χ1) is 15.4. The molecule has 0 spiro atoms. The van der Waals surface area contributed by atoms with E-state index in [0.29, 0.717) is 28.4 Å². The van der Waals surface area contributed by atoms with Crippen molar-refractivity contribution in [2.45, 2.75) is 25.4 Å². The summed E-state index contributed by atoms with van der Waals surface area (Å²) in [6.45, 7) is 0.0813. The van der Waals surface area contributed by atoms with Crippen LogP contribution in [0.25, 0.3) is 0 Å². The Bertz CT molecular complexity index is 907. The highest BCUT2D eigenvalue weighted by molar-refractivity contribution is 6.30. The number of carbonyl (C=O) groups is 3. The van der Waals surface area contributed by atoms with E-state index in [1.807, 2.05) is 0 Å². The molecule has 0 saturated heterocycles. The molecule has 2 aromatic rings. The zero-order valence-corrected chi connectivity index (χ0v) is 18.1. The number of carbonyl (C=O) groups excluding carboxylic acids is 2. The number of ether oxygens (including phenoxy) is 1. The van der Waals surface area contributed by atoms with E-state index >= 15 is 0 Å². The van der Waals surface area contributed by atoms with Crippen molar-refractivity contribution in [3.8, 4) is 5.75 Å². The Kier molecular flexibility index (Phi) is 10.3. The molecule has 2 amide bonds. The second-order valence-corrected chi connectivity index (χ2v) is 7.27. The fourth-order valence-corrected chi connectivity index (χ4v) is 2.93. The van der Waals surface area contributed by atoms with Gasteiger partial charge in [0.25, 0.3) is 5.91 Å². The van der Waals surface area contributed by atoms with E-state index in [1.165, 1.54) is 0 Å². The summed E-state index contributed by atoms with van der Waals surface area (Å²) in [7, 11) is 0. The minimum absolute atomic E-state index is 0.0269. The summed E-state index contributed by atoms with van der Waals surface area (Å²) < 4.78 is 5.48. The summed E-state index contributed by atoms with van der Waals surface area (Å²) >= 11 is 5.95. The number of aliphatic hydroxyl groups is 1. The number of carboxylic acids is 1. The fourth-order valence-electron chi connectivity index (χ4n) is 2.72. The highest BCUT2D eigenvalue weighted by atomic mass is 35.5. The number of aliphatic carboxylic acids is 1. The molecule has 0 aromatic heterocycles. The van der Waals surface area contributed by atoms with Crippen LogP contribution in [0, 0.1) is 0 Å². The van der Waals surface area contributed by atoms with Crippen LogP contribution in [0.3, 0.4) is 0 Å². The lowest BCUT2D eigenvalue weighted by Crippen LogP contribution is -2.52. The number of hydrogen-bond donors (Lipinski definition) is 5. The standard InChI is InChI=1S/C22H26ClN3O6/c23-16-4-1-3-15(13-16)14-19(28)26-21(22(31)24-10-11-27)25-17-6-8-18(9-7-17)32-12-2-5-20(29)30/h1,3-4,6-9,13,21,25,27H,2,5,10-12,14H2,(H,24,31)(H,26,28)(H,29,30). The quantitative estimate of drug-likeness (QED) is 0.225. The van der Waals surface area contributed by atoms with Crippen molar-refractivity contribution in [3.05, 3.63) is 59.1 Å². The van der Waals surface area contributed by atoms with Gasteiger partial charge in [0.15, 0.2) is 6.17 Å². The molecule has 2 rings (SSSR count). The van der Waals surface area contributed by atoms with Gasteiger partial charge in [0.1, 0.15) is 5.75 Å². The Morgan fingerprint density at radius 1 is 1.09 bits per heavy atom. The van der Waals surface area contributed by atoms with E-state index in [9.17, 15) is 14.4 Å². The number of rotatable bonds is 13. The van der Waals surface area contributed by atoms with Gasteiger partial charge in [-0.2, -0.15) is 0 Å². The van der Waals surface area contributed by atoms with Crippen molar-refractivity contribution in [2.75, 3.05) is 25.1 Å². The molecule has 0 aliphatic heterocycles. The van der Waals surface area contributed by atoms with Crippen LogP contribution in [0.5, 0.6) is 5.75 Å². The predicted octanol–water partition coefficient (Wildman–Crippen LogP) is 1.79. The molecule has 10 heteroatoms. The average Bonchev–Trinajstić information content (AvgIpc) is 2.75. The van der Waals surface area contributed by atoms with Gasteiger partial charge >= 0.3 is 5.97 Å². The van der Waals surface area contributed by atoms with Gasteiger partial charge in [-0.15, -0.1) is 0 Å². The smallest absolute Gasteiger partial charge is 0.303 e. The van der Waals surface area contributed by atoms with E-state index in [0.717, 1.165) is 0 Å². The molecule has 2 aromatic carbocycles. The van der Waals surface area contributed by atoms with Crippen molar-refractivity contribution in [3.63, 3.8) is 0 Å². The molecule has 5 N–H and O–H groups in total. The Labute approximate surface area is 190 Å². The van der Waals surface area contributed by atoms with Crippen molar-refractivity contribution < 1.29 is 29.3 Å². The van der Waals surface area contributed by atoms with Crippen LogP contribution in [0.15, 0.2) is 48.5 Å². The Hall–Kier alpha value is -3.30. The Morgan fingerprint density at radius 3 is 2.50 bits per heavy atom. The zero-order valence-electron chi connectivity index (χ0n) is 17.3. The van der Waals surface area contributed by atoms with Crippen LogP contribution < -0.4 is 20.7 Å². The molecule has 0 aliphatic carbocycles. The van der Waals surface area contributed by atoms with Gasteiger partial charge in [-0.1, -0.05) is 23.7 Å². The molecule has 32 heavy (non-hydrogen) atoms. The third-order valence-corrected chi connectivity index (χ3v) is 4.44. The van der Waals surface area contributed by atoms with Gasteiger partial charge in [0, 0.05) is 23.7 Å². The number of halogens is 1. The molecule has 9 nitrogen and oxygen atoms in total. The maximum atomic E-state index is 12.5. The van der Waals surface area contributed by atoms with Gasteiger partial charge in [-0.3, -0.25) is 14.4 Å². The monoisotopic (exact) mass is 463 g/mol. The molecule has 172 valence electrons. The molecular formula is C22H26ClN3O6.